The average Bonchev–Trinajstić information content (AvgIpc) is 2.91. The molecule has 0 aromatic carbocycles. The van der Waals surface area contributed by atoms with Crippen LogP contribution in [0, 0.1) is 0 Å². The van der Waals surface area contributed by atoms with E-state index in [1.807, 2.05) is 48.6 Å². The summed E-state index contributed by atoms with van der Waals surface area (Å²) in [5.41, 5.74) is -0.945. The molecule has 13 nitrogen and oxygen atoms in total. The van der Waals surface area contributed by atoms with Crippen molar-refractivity contribution in [3.63, 3.8) is 0 Å². The van der Waals surface area contributed by atoms with Crippen LogP contribution in [0.4, 0.5) is 0 Å². The lowest BCUT2D eigenvalue weighted by Gasteiger charge is -2.19. The van der Waals surface area contributed by atoms with Gasteiger partial charge in [0, 0.05) is 13.1 Å². The first kappa shape index (κ1) is 42.6. The van der Waals surface area contributed by atoms with Crippen molar-refractivity contribution in [2.24, 2.45) is 0 Å². The molecule has 0 amide bonds. The van der Waals surface area contributed by atoms with Crippen LogP contribution in [-0.4, -0.2) is 154 Å². The zero-order chi connectivity index (χ0) is 32.9. The van der Waals surface area contributed by atoms with E-state index >= 15 is 0 Å². The largest absolute Gasteiger partial charge is 0.460 e. The average molecular weight is 640 g/mol. The normalized spacial score (nSPS) is 12.2. The summed E-state index contributed by atoms with van der Waals surface area (Å²) in [5.74, 6) is -0.526. The SMILES string of the molecule is CN(CCOCCOCCOCCOCCC(=O)OC(C)(C)C)CCOCCOCCOCCOCCC(=O)OC(C)(C)C. The van der Waals surface area contributed by atoms with Crippen LogP contribution in [-0.2, 0) is 57.0 Å². The number of hydrogen-bond acceptors (Lipinski definition) is 13. The van der Waals surface area contributed by atoms with E-state index in [-0.39, 0.29) is 24.8 Å². The zero-order valence-electron chi connectivity index (χ0n) is 28.5. The van der Waals surface area contributed by atoms with Crippen LogP contribution in [0.2, 0.25) is 0 Å². The molecule has 0 rings (SSSR count). The Hall–Kier alpha value is -1.42. The van der Waals surface area contributed by atoms with Gasteiger partial charge in [0.2, 0.25) is 0 Å². The Morgan fingerprint density at radius 1 is 0.409 bits per heavy atom. The molecule has 0 aliphatic rings. The van der Waals surface area contributed by atoms with Crippen molar-refractivity contribution in [1.82, 2.24) is 4.90 Å². The molecule has 0 aliphatic heterocycles. The fraction of sp³-hybridized carbons (Fsp3) is 0.935. The van der Waals surface area contributed by atoms with Gasteiger partial charge in [0.1, 0.15) is 11.2 Å². The number of carbonyl (C=O) groups is 2. The molecule has 0 N–H and O–H groups in total. The summed E-state index contributed by atoms with van der Waals surface area (Å²) in [5, 5.41) is 0. The molecule has 0 heterocycles. The van der Waals surface area contributed by atoms with Crippen LogP contribution >= 0.6 is 0 Å². The second-order valence-corrected chi connectivity index (χ2v) is 11.9. The molecule has 0 atom stereocenters. The highest BCUT2D eigenvalue weighted by molar-refractivity contribution is 5.70. The number of rotatable bonds is 30. The lowest BCUT2D eigenvalue weighted by molar-refractivity contribution is -0.157. The van der Waals surface area contributed by atoms with E-state index < -0.39 is 11.2 Å². The molecule has 0 fully saturated rings. The summed E-state index contributed by atoms with van der Waals surface area (Å²) in [7, 11) is 2.02. The summed E-state index contributed by atoms with van der Waals surface area (Å²) in [4.78, 5) is 25.3. The van der Waals surface area contributed by atoms with Crippen LogP contribution in [0.1, 0.15) is 54.4 Å². The van der Waals surface area contributed by atoms with Gasteiger partial charge < -0.3 is 52.3 Å². The van der Waals surface area contributed by atoms with Gasteiger partial charge in [-0.2, -0.15) is 0 Å². The summed E-state index contributed by atoms with van der Waals surface area (Å²) in [6.07, 6.45) is 0.468. The van der Waals surface area contributed by atoms with E-state index in [2.05, 4.69) is 4.90 Å². The van der Waals surface area contributed by atoms with Crippen molar-refractivity contribution in [3.8, 4) is 0 Å². The molecule has 0 aromatic rings. The fourth-order valence-electron chi connectivity index (χ4n) is 3.17. The predicted octanol–water partition coefficient (Wildman–Crippen LogP) is 2.51. The minimum atomic E-state index is -0.473. The Morgan fingerprint density at radius 3 is 0.886 bits per heavy atom. The first-order valence-electron chi connectivity index (χ1n) is 15.6. The molecule has 262 valence electrons. The molecular formula is C31H61NO12. The number of hydrogen-bond donors (Lipinski definition) is 0. The highest BCUT2D eigenvalue weighted by atomic mass is 16.6. The van der Waals surface area contributed by atoms with Gasteiger partial charge in [-0.15, -0.1) is 0 Å². The van der Waals surface area contributed by atoms with Crippen LogP contribution in [0.25, 0.3) is 0 Å². The Bertz CT molecular complexity index is 626. The number of esters is 2. The van der Waals surface area contributed by atoms with E-state index in [0.29, 0.717) is 106 Å². The van der Waals surface area contributed by atoms with E-state index in [9.17, 15) is 9.59 Å². The van der Waals surface area contributed by atoms with Crippen LogP contribution in [0.15, 0.2) is 0 Å². The highest BCUT2D eigenvalue weighted by Crippen LogP contribution is 2.08. The molecule has 0 saturated carbocycles. The topological polar surface area (TPSA) is 130 Å². The summed E-state index contributed by atoms with van der Waals surface area (Å²) >= 11 is 0. The molecule has 0 radical (unpaired) electrons. The van der Waals surface area contributed by atoms with Gasteiger partial charge in [-0.05, 0) is 48.6 Å². The highest BCUT2D eigenvalue weighted by Gasteiger charge is 2.16. The maximum Gasteiger partial charge on any atom is 0.308 e. The minimum absolute atomic E-state index is 0.234. The Balaban J connectivity index is 3.27. The third-order valence-electron chi connectivity index (χ3n) is 5.21. The minimum Gasteiger partial charge on any atom is -0.460 e. The zero-order valence-corrected chi connectivity index (χ0v) is 28.5. The standard InChI is InChI=1S/C31H61NO12/c1-30(2,3)43-28(33)8-12-35-16-20-39-24-26-41-22-18-37-14-10-32(7)11-15-38-19-23-42-27-25-40-21-17-36-13-9-29(34)44-31(4,5)6/h8-27H2,1-7H3. The van der Waals surface area contributed by atoms with Gasteiger partial charge in [0.25, 0.3) is 0 Å². The van der Waals surface area contributed by atoms with Crippen molar-refractivity contribution >= 4 is 11.9 Å². The van der Waals surface area contributed by atoms with Gasteiger partial charge in [0.15, 0.2) is 0 Å². The molecule has 0 aromatic heterocycles. The van der Waals surface area contributed by atoms with Crippen molar-refractivity contribution < 1.29 is 57.0 Å². The quantitative estimate of drug-likeness (QED) is 0.0844. The molecule has 44 heavy (non-hydrogen) atoms. The van der Waals surface area contributed by atoms with Crippen molar-refractivity contribution in [2.45, 2.75) is 65.6 Å². The molecule has 0 unspecified atom stereocenters. The Labute approximate surface area is 265 Å². The van der Waals surface area contributed by atoms with Gasteiger partial charge in [0.05, 0.1) is 119 Å². The monoisotopic (exact) mass is 639 g/mol. The van der Waals surface area contributed by atoms with Crippen LogP contribution in [0.3, 0.4) is 0 Å². The first-order chi connectivity index (χ1) is 20.9. The lowest BCUT2D eigenvalue weighted by Crippen LogP contribution is -2.28. The first-order valence-corrected chi connectivity index (χ1v) is 15.6. The number of likely N-dealkylation sites (N-methyl/N-ethyl adjacent to an activating group) is 1. The summed E-state index contributed by atoms with van der Waals surface area (Å²) in [6.45, 7) is 20.3. The molecule has 0 saturated heterocycles. The van der Waals surface area contributed by atoms with Gasteiger partial charge in [-0.1, -0.05) is 0 Å². The third kappa shape index (κ3) is 35.1. The molecule has 13 heteroatoms. The number of carbonyl (C=O) groups excluding carboxylic acids is 2. The van der Waals surface area contributed by atoms with E-state index in [0.717, 1.165) is 13.1 Å². The molecule has 0 spiro atoms. The summed E-state index contributed by atoms with van der Waals surface area (Å²) in [6, 6.07) is 0. The van der Waals surface area contributed by atoms with Crippen LogP contribution < -0.4 is 0 Å². The van der Waals surface area contributed by atoms with Crippen LogP contribution in [0.5, 0.6) is 0 Å². The predicted molar refractivity (Wildman–Crippen MR) is 165 cm³/mol. The van der Waals surface area contributed by atoms with Gasteiger partial charge in [-0.25, -0.2) is 0 Å². The molecule has 0 aliphatic carbocycles. The van der Waals surface area contributed by atoms with E-state index in [1.54, 1.807) is 0 Å². The van der Waals surface area contributed by atoms with Crippen molar-refractivity contribution in [2.75, 3.05) is 126 Å². The van der Waals surface area contributed by atoms with E-state index in [1.165, 1.54) is 0 Å². The van der Waals surface area contributed by atoms with Crippen molar-refractivity contribution in [3.05, 3.63) is 0 Å². The second-order valence-electron chi connectivity index (χ2n) is 11.9. The Morgan fingerprint density at radius 2 is 0.636 bits per heavy atom. The smallest absolute Gasteiger partial charge is 0.308 e. The summed E-state index contributed by atoms with van der Waals surface area (Å²) < 4.78 is 54.2. The molecular weight excluding hydrogens is 578 g/mol. The van der Waals surface area contributed by atoms with E-state index in [4.69, 9.17) is 47.4 Å². The lowest BCUT2D eigenvalue weighted by atomic mass is 10.2. The number of nitrogens with zero attached hydrogens (tertiary/aromatic N) is 1. The second kappa shape index (κ2) is 27.9. The number of ether oxygens (including phenoxy) is 10. The van der Waals surface area contributed by atoms with Gasteiger partial charge in [-0.3, -0.25) is 9.59 Å². The Kier molecular flexibility index (Phi) is 27.0. The third-order valence-corrected chi connectivity index (χ3v) is 5.21. The molecule has 0 bridgehead atoms. The maximum atomic E-state index is 11.6. The maximum absolute atomic E-state index is 11.6. The fourth-order valence-corrected chi connectivity index (χ4v) is 3.17. The van der Waals surface area contributed by atoms with Gasteiger partial charge >= 0.3 is 11.9 Å². The van der Waals surface area contributed by atoms with Crippen molar-refractivity contribution in [1.29, 1.82) is 0 Å².